The van der Waals surface area contributed by atoms with Crippen LogP contribution in [0.15, 0.2) is 0 Å². The van der Waals surface area contributed by atoms with Gasteiger partial charge in [-0.2, -0.15) is 0 Å². The van der Waals surface area contributed by atoms with Crippen LogP contribution in [0.1, 0.15) is 40.0 Å². The highest BCUT2D eigenvalue weighted by atomic mass is 15.2. The predicted octanol–water partition coefficient (Wildman–Crippen LogP) is 2.35. The van der Waals surface area contributed by atoms with E-state index in [2.05, 4.69) is 31.0 Å². The molecule has 2 nitrogen and oxygen atoms in total. The Morgan fingerprint density at radius 2 is 1.62 bits per heavy atom. The number of hydrogen-bond donors (Lipinski definition) is 1. The molecule has 0 amide bonds. The molecule has 2 unspecified atom stereocenters. The van der Waals surface area contributed by atoms with Gasteiger partial charge in [0.2, 0.25) is 0 Å². The Morgan fingerprint density at radius 3 is 2.12 bits per heavy atom. The van der Waals surface area contributed by atoms with E-state index >= 15 is 0 Å². The topological polar surface area (TPSA) is 15.3 Å². The van der Waals surface area contributed by atoms with Crippen molar-refractivity contribution in [3.8, 4) is 0 Å². The lowest BCUT2D eigenvalue weighted by atomic mass is 9.83. The summed E-state index contributed by atoms with van der Waals surface area (Å²) in [6.07, 6.45) is 4.24. The highest BCUT2D eigenvalue weighted by Gasteiger charge is 2.33. The predicted molar refractivity (Wildman–Crippen MR) is 69.6 cm³/mol. The SMILES string of the molecule is CCC1CCN(C2C(C)CNCC2C)CC1. The largest absolute Gasteiger partial charge is 0.316 e. The average Bonchev–Trinajstić information content (AvgIpc) is 2.30. The Bertz CT molecular complexity index is 199. The molecule has 0 aliphatic carbocycles. The molecule has 2 heterocycles. The number of rotatable bonds is 2. The summed E-state index contributed by atoms with van der Waals surface area (Å²) in [4.78, 5) is 2.78. The minimum Gasteiger partial charge on any atom is -0.316 e. The molecule has 2 aliphatic heterocycles. The van der Waals surface area contributed by atoms with Crippen LogP contribution in [0.3, 0.4) is 0 Å². The van der Waals surface area contributed by atoms with E-state index in [1.165, 1.54) is 45.4 Å². The highest BCUT2D eigenvalue weighted by Crippen LogP contribution is 2.28. The van der Waals surface area contributed by atoms with Crippen molar-refractivity contribution in [3.63, 3.8) is 0 Å². The van der Waals surface area contributed by atoms with E-state index in [1.807, 2.05) is 0 Å². The van der Waals surface area contributed by atoms with Crippen molar-refractivity contribution in [3.05, 3.63) is 0 Å². The molecule has 2 heteroatoms. The molecule has 0 aromatic heterocycles. The summed E-state index contributed by atoms with van der Waals surface area (Å²) in [6.45, 7) is 12.3. The van der Waals surface area contributed by atoms with Gasteiger partial charge in [0.05, 0.1) is 0 Å². The monoisotopic (exact) mass is 224 g/mol. The maximum absolute atomic E-state index is 3.55. The van der Waals surface area contributed by atoms with Crippen LogP contribution < -0.4 is 5.32 Å². The third-order valence-corrected chi connectivity index (χ3v) is 4.75. The first-order chi connectivity index (χ1) is 7.72. The Balaban J connectivity index is 1.91. The molecular weight excluding hydrogens is 196 g/mol. The molecule has 0 spiro atoms. The van der Waals surface area contributed by atoms with Crippen LogP contribution in [-0.4, -0.2) is 37.1 Å². The van der Waals surface area contributed by atoms with Crippen molar-refractivity contribution < 1.29 is 0 Å². The Kier molecular flexibility index (Phi) is 4.26. The minimum absolute atomic E-state index is 0.821. The molecule has 0 bridgehead atoms. The fraction of sp³-hybridized carbons (Fsp3) is 1.00. The molecule has 2 saturated heterocycles. The highest BCUT2D eigenvalue weighted by molar-refractivity contribution is 4.89. The summed E-state index contributed by atoms with van der Waals surface area (Å²) < 4.78 is 0. The van der Waals surface area contributed by atoms with Gasteiger partial charge in [-0.15, -0.1) is 0 Å². The zero-order chi connectivity index (χ0) is 11.5. The van der Waals surface area contributed by atoms with Crippen molar-refractivity contribution >= 4 is 0 Å². The van der Waals surface area contributed by atoms with Crippen molar-refractivity contribution in [2.24, 2.45) is 17.8 Å². The molecule has 2 fully saturated rings. The van der Waals surface area contributed by atoms with Crippen LogP contribution in [-0.2, 0) is 0 Å². The van der Waals surface area contributed by atoms with E-state index in [9.17, 15) is 0 Å². The molecule has 2 aliphatic rings. The molecule has 0 aromatic rings. The van der Waals surface area contributed by atoms with Gasteiger partial charge in [0, 0.05) is 6.04 Å². The lowest BCUT2D eigenvalue weighted by Crippen LogP contribution is -2.55. The lowest BCUT2D eigenvalue weighted by Gasteiger charge is -2.45. The van der Waals surface area contributed by atoms with E-state index in [0.717, 1.165) is 23.8 Å². The first-order valence-corrected chi connectivity index (χ1v) is 7.17. The van der Waals surface area contributed by atoms with Crippen LogP contribution in [0.4, 0.5) is 0 Å². The van der Waals surface area contributed by atoms with Crippen molar-refractivity contribution in [1.29, 1.82) is 0 Å². The average molecular weight is 224 g/mol. The molecule has 0 saturated carbocycles. The number of nitrogens with one attached hydrogen (secondary N) is 1. The van der Waals surface area contributed by atoms with Crippen LogP contribution in [0.25, 0.3) is 0 Å². The van der Waals surface area contributed by atoms with Gasteiger partial charge in [0.1, 0.15) is 0 Å². The minimum atomic E-state index is 0.821. The fourth-order valence-electron chi connectivity index (χ4n) is 3.72. The molecule has 1 N–H and O–H groups in total. The fourth-order valence-corrected chi connectivity index (χ4v) is 3.72. The second-order valence-corrected chi connectivity index (χ2v) is 5.99. The van der Waals surface area contributed by atoms with Crippen molar-refractivity contribution in [1.82, 2.24) is 10.2 Å². The standard InChI is InChI=1S/C14H28N2/c1-4-13-5-7-16(8-6-13)14-11(2)9-15-10-12(14)3/h11-15H,4-10H2,1-3H3. The summed E-state index contributed by atoms with van der Waals surface area (Å²) in [7, 11) is 0. The Labute approximate surface area is 101 Å². The smallest absolute Gasteiger partial charge is 0.0171 e. The Morgan fingerprint density at radius 1 is 1.06 bits per heavy atom. The molecular formula is C14H28N2. The number of likely N-dealkylation sites (tertiary alicyclic amines) is 1. The second-order valence-electron chi connectivity index (χ2n) is 5.99. The van der Waals surface area contributed by atoms with E-state index in [4.69, 9.17) is 0 Å². The number of hydrogen-bond acceptors (Lipinski definition) is 2. The van der Waals surface area contributed by atoms with Crippen molar-refractivity contribution in [2.75, 3.05) is 26.2 Å². The van der Waals surface area contributed by atoms with E-state index in [-0.39, 0.29) is 0 Å². The summed E-state index contributed by atoms with van der Waals surface area (Å²) >= 11 is 0. The number of nitrogens with zero attached hydrogens (tertiary/aromatic N) is 1. The summed E-state index contributed by atoms with van der Waals surface area (Å²) in [5.41, 5.74) is 0. The van der Waals surface area contributed by atoms with Gasteiger partial charge >= 0.3 is 0 Å². The maximum Gasteiger partial charge on any atom is 0.0171 e. The van der Waals surface area contributed by atoms with Gasteiger partial charge in [0.15, 0.2) is 0 Å². The van der Waals surface area contributed by atoms with E-state index in [0.29, 0.717) is 0 Å². The maximum atomic E-state index is 3.55. The van der Waals surface area contributed by atoms with Gasteiger partial charge in [-0.05, 0) is 56.8 Å². The number of piperidine rings is 2. The summed E-state index contributed by atoms with van der Waals surface area (Å²) in [6, 6.07) is 0.832. The molecule has 16 heavy (non-hydrogen) atoms. The zero-order valence-electron chi connectivity index (χ0n) is 11.2. The summed E-state index contributed by atoms with van der Waals surface area (Å²) in [5, 5.41) is 3.55. The van der Waals surface area contributed by atoms with Crippen molar-refractivity contribution in [2.45, 2.75) is 46.1 Å². The van der Waals surface area contributed by atoms with Crippen LogP contribution >= 0.6 is 0 Å². The molecule has 2 rings (SSSR count). The van der Waals surface area contributed by atoms with Crippen LogP contribution in [0.5, 0.6) is 0 Å². The summed E-state index contributed by atoms with van der Waals surface area (Å²) in [5.74, 6) is 2.65. The lowest BCUT2D eigenvalue weighted by molar-refractivity contribution is 0.0483. The van der Waals surface area contributed by atoms with Crippen LogP contribution in [0, 0.1) is 17.8 Å². The normalized spacial score (nSPS) is 38.8. The first kappa shape index (κ1) is 12.4. The molecule has 0 aromatic carbocycles. The molecule has 2 atom stereocenters. The second kappa shape index (κ2) is 5.50. The molecule has 94 valence electrons. The third-order valence-electron chi connectivity index (χ3n) is 4.75. The van der Waals surface area contributed by atoms with E-state index < -0.39 is 0 Å². The van der Waals surface area contributed by atoms with Gasteiger partial charge < -0.3 is 5.32 Å². The zero-order valence-corrected chi connectivity index (χ0v) is 11.2. The van der Waals surface area contributed by atoms with Crippen LogP contribution in [0.2, 0.25) is 0 Å². The first-order valence-electron chi connectivity index (χ1n) is 7.17. The van der Waals surface area contributed by atoms with E-state index in [1.54, 1.807) is 0 Å². The van der Waals surface area contributed by atoms with Gasteiger partial charge in [-0.25, -0.2) is 0 Å². The van der Waals surface area contributed by atoms with Gasteiger partial charge in [-0.3, -0.25) is 4.90 Å². The van der Waals surface area contributed by atoms with Gasteiger partial charge in [0.25, 0.3) is 0 Å². The van der Waals surface area contributed by atoms with Gasteiger partial charge in [-0.1, -0.05) is 27.2 Å². The Hall–Kier alpha value is -0.0800. The third kappa shape index (κ3) is 2.60. The quantitative estimate of drug-likeness (QED) is 0.774. The molecule has 0 radical (unpaired) electrons.